The van der Waals surface area contributed by atoms with Crippen molar-refractivity contribution in [2.24, 2.45) is 0 Å². The molecule has 7 nitrogen and oxygen atoms in total. The number of phenols is 1. The number of anilines is 1. The van der Waals surface area contributed by atoms with Crippen molar-refractivity contribution in [1.82, 2.24) is 10.3 Å². The van der Waals surface area contributed by atoms with Gasteiger partial charge in [-0.2, -0.15) is 0 Å². The first-order chi connectivity index (χ1) is 17.3. The van der Waals surface area contributed by atoms with Crippen molar-refractivity contribution in [3.05, 3.63) is 87.0 Å². The van der Waals surface area contributed by atoms with Crippen LogP contribution in [0.2, 0.25) is 10.0 Å². The molecule has 0 aliphatic rings. The molecular weight excluding hydrogens is 589 g/mol. The molecule has 3 aromatic carbocycles. The molecule has 3 N–H and O–H groups in total. The van der Waals surface area contributed by atoms with Gasteiger partial charge in [-0.1, -0.05) is 23.2 Å². The van der Waals surface area contributed by atoms with E-state index in [1.807, 2.05) is 0 Å². The second-order valence-electron chi connectivity index (χ2n) is 7.56. The lowest BCUT2D eigenvalue weighted by atomic mass is 10.2. The van der Waals surface area contributed by atoms with Crippen molar-refractivity contribution in [1.29, 1.82) is 0 Å². The van der Waals surface area contributed by atoms with Crippen LogP contribution in [0.4, 0.5) is 5.69 Å². The minimum atomic E-state index is -0.528. The summed E-state index contributed by atoms with van der Waals surface area (Å²) in [4.78, 5) is 17.1. The minimum absolute atomic E-state index is 0.0573. The molecule has 0 unspecified atom stereocenters. The molecule has 2 heterocycles. The van der Waals surface area contributed by atoms with Crippen LogP contribution in [-0.2, 0) is 0 Å². The number of rotatable bonds is 4. The highest BCUT2D eigenvalue weighted by Gasteiger charge is 2.16. The van der Waals surface area contributed by atoms with Crippen molar-refractivity contribution in [2.75, 3.05) is 5.32 Å². The summed E-state index contributed by atoms with van der Waals surface area (Å²) in [6.07, 6.45) is 0. The Balaban J connectivity index is 1.28. The molecule has 0 atom stereocenters. The second-order valence-corrected chi connectivity index (χ2v) is 9.67. The second kappa shape index (κ2) is 9.94. The van der Waals surface area contributed by atoms with Crippen LogP contribution in [0.3, 0.4) is 0 Å². The first kappa shape index (κ1) is 24.3. The first-order valence-electron chi connectivity index (χ1n) is 10.3. The quantitative estimate of drug-likeness (QED) is 0.182. The van der Waals surface area contributed by atoms with Crippen LogP contribution in [0.15, 0.2) is 80.0 Å². The van der Waals surface area contributed by atoms with E-state index in [4.69, 9.17) is 44.3 Å². The molecule has 5 aromatic rings. The van der Waals surface area contributed by atoms with Crippen LogP contribution in [0.1, 0.15) is 10.6 Å². The number of oxazole rings is 1. The minimum Gasteiger partial charge on any atom is -0.507 e. The Bertz CT molecular complexity index is 1650. The fourth-order valence-electron chi connectivity index (χ4n) is 3.39. The Kier molecular flexibility index (Phi) is 6.72. The number of thiocarbonyl (C=S) groups is 1. The highest BCUT2D eigenvalue weighted by atomic mass is 79.9. The van der Waals surface area contributed by atoms with Crippen LogP contribution >= 0.6 is 51.3 Å². The number of nitrogens with one attached hydrogen (secondary N) is 2. The van der Waals surface area contributed by atoms with Gasteiger partial charge < -0.3 is 19.3 Å². The Morgan fingerprint density at radius 3 is 2.64 bits per heavy atom. The lowest BCUT2D eigenvalue weighted by Crippen LogP contribution is -2.33. The predicted molar refractivity (Wildman–Crippen MR) is 147 cm³/mol. The molecule has 0 bridgehead atoms. The number of carbonyl (C=O) groups is 1. The third-order valence-electron chi connectivity index (χ3n) is 5.09. The Morgan fingerprint density at radius 2 is 1.83 bits per heavy atom. The highest BCUT2D eigenvalue weighted by molar-refractivity contribution is 9.10. The van der Waals surface area contributed by atoms with E-state index in [1.54, 1.807) is 60.7 Å². The van der Waals surface area contributed by atoms with Crippen LogP contribution < -0.4 is 10.6 Å². The zero-order valence-electron chi connectivity index (χ0n) is 18.0. The van der Waals surface area contributed by atoms with Gasteiger partial charge in [0.1, 0.15) is 17.0 Å². The number of hydrogen-bond acceptors (Lipinski definition) is 6. The molecule has 2 aromatic heterocycles. The van der Waals surface area contributed by atoms with Crippen LogP contribution in [-0.4, -0.2) is 21.1 Å². The van der Waals surface area contributed by atoms with Gasteiger partial charge in [-0.25, -0.2) is 4.98 Å². The Hall–Kier alpha value is -3.37. The van der Waals surface area contributed by atoms with E-state index in [0.717, 1.165) is 0 Å². The van der Waals surface area contributed by atoms with E-state index in [0.29, 0.717) is 54.1 Å². The fraction of sp³-hybridized carbons (Fsp3) is 0. The number of aromatic hydroxyl groups is 1. The summed E-state index contributed by atoms with van der Waals surface area (Å²) in [5.41, 5.74) is 3.03. The van der Waals surface area contributed by atoms with Gasteiger partial charge in [-0.3, -0.25) is 10.1 Å². The monoisotopic (exact) mass is 601 g/mol. The summed E-state index contributed by atoms with van der Waals surface area (Å²) in [5, 5.41) is 16.2. The molecule has 0 aliphatic heterocycles. The molecule has 1 amide bonds. The number of carbonyl (C=O) groups excluding carboxylic acids is 1. The molecule has 180 valence electrons. The molecule has 0 radical (unpaired) electrons. The average molecular weight is 603 g/mol. The molecule has 0 saturated heterocycles. The number of hydrogen-bond donors (Lipinski definition) is 3. The number of phenolic OH excluding ortho intramolecular Hbond substituents is 1. The van der Waals surface area contributed by atoms with Gasteiger partial charge in [0.15, 0.2) is 16.5 Å². The number of benzene rings is 3. The maximum absolute atomic E-state index is 12.6. The SMILES string of the molecule is O=C(NC(=S)Nc1ccc2oc(-c3ccc(O)c(Br)c3)nc2c1)c1ccc(-c2cc(Cl)ccc2Cl)o1. The smallest absolute Gasteiger partial charge is 0.293 e. The van der Waals surface area contributed by atoms with Crippen molar-refractivity contribution in [2.45, 2.75) is 0 Å². The van der Waals surface area contributed by atoms with Gasteiger partial charge in [0.05, 0.1) is 9.50 Å². The molecule has 36 heavy (non-hydrogen) atoms. The van der Waals surface area contributed by atoms with E-state index in [-0.39, 0.29) is 16.6 Å². The molecular formula is C25H14BrCl2N3O4S. The summed E-state index contributed by atoms with van der Waals surface area (Å²) in [6, 6.07) is 18.3. The summed E-state index contributed by atoms with van der Waals surface area (Å²) < 4.78 is 12.0. The summed E-state index contributed by atoms with van der Waals surface area (Å²) in [6.45, 7) is 0. The maximum Gasteiger partial charge on any atom is 0.293 e. The van der Waals surface area contributed by atoms with Gasteiger partial charge in [-0.05, 0) is 94.9 Å². The van der Waals surface area contributed by atoms with Crippen LogP contribution in [0, 0.1) is 0 Å². The van der Waals surface area contributed by atoms with Crippen molar-refractivity contribution in [3.63, 3.8) is 0 Å². The van der Waals surface area contributed by atoms with E-state index >= 15 is 0 Å². The van der Waals surface area contributed by atoms with Gasteiger partial charge in [0, 0.05) is 21.8 Å². The number of nitrogens with zero attached hydrogens (tertiary/aromatic N) is 1. The first-order valence-corrected chi connectivity index (χ1v) is 12.3. The standard InChI is InChI=1S/C25H14BrCl2N3O4S/c26-16-9-12(1-5-19(16)32)24-30-18-11-14(3-6-21(18)35-24)29-25(36)31-23(33)22-8-7-20(34-22)15-10-13(27)2-4-17(15)28/h1-11,32H,(H2,29,31,33,36). The number of aromatic nitrogens is 1. The number of fused-ring (bicyclic) bond motifs is 1. The summed E-state index contributed by atoms with van der Waals surface area (Å²) >= 11 is 20.8. The van der Waals surface area contributed by atoms with E-state index in [9.17, 15) is 9.90 Å². The number of amides is 1. The van der Waals surface area contributed by atoms with Crippen molar-refractivity contribution >= 4 is 79.2 Å². The number of furan rings is 1. The van der Waals surface area contributed by atoms with E-state index in [2.05, 4.69) is 31.5 Å². The fourth-order valence-corrected chi connectivity index (χ4v) is 4.36. The van der Waals surface area contributed by atoms with Gasteiger partial charge in [0.25, 0.3) is 5.91 Å². The lowest BCUT2D eigenvalue weighted by molar-refractivity contribution is 0.0951. The highest BCUT2D eigenvalue weighted by Crippen LogP contribution is 2.33. The van der Waals surface area contributed by atoms with Crippen LogP contribution in [0.25, 0.3) is 33.9 Å². The van der Waals surface area contributed by atoms with Gasteiger partial charge >= 0.3 is 0 Å². The largest absolute Gasteiger partial charge is 0.507 e. The Labute approximate surface area is 228 Å². The molecule has 0 spiro atoms. The lowest BCUT2D eigenvalue weighted by Gasteiger charge is -2.08. The van der Waals surface area contributed by atoms with Crippen molar-refractivity contribution < 1.29 is 18.7 Å². The molecule has 0 aliphatic carbocycles. The third kappa shape index (κ3) is 5.10. The molecule has 11 heteroatoms. The average Bonchev–Trinajstić information content (AvgIpc) is 3.49. The zero-order chi connectivity index (χ0) is 25.4. The zero-order valence-corrected chi connectivity index (χ0v) is 21.9. The third-order valence-corrected chi connectivity index (χ3v) is 6.49. The predicted octanol–water partition coefficient (Wildman–Crippen LogP) is 7.66. The maximum atomic E-state index is 12.6. The van der Waals surface area contributed by atoms with Gasteiger partial charge in [0.2, 0.25) is 5.89 Å². The molecule has 0 saturated carbocycles. The normalized spacial score (nSPS) is 11.0. The van der Waals surface area contributed by atoms with Gasteiger partial charge in [-0.15, -0.1) is 0 Å². The van der Waals surface area contributed by atoms with Crippen LogP contribution in [0.5, 0.6) is 5.75 Å². The Morgan fingerprint density at radius 1 is 1.00 bits per heavy atom. The van der Waals surface area contributed by atoms with Crippen molar-refractivity contribution in [3.8, 4) is 28.5 Å². The number of halogens is 3. The molecule has 5 rings (SSSR count). The topological polar surface area (TPSA) is 101 Å². The van der Waals surface area contributed by atoms with E-state index < -0.39 is 5.91 Å². The molecule has 0 fully saturated rings. The summed E-state index contributed by atoms with van der Waals surface area (Å²) in [7, 11) is 0. The summed E-state index contributed by atoms with van der Waals surface area (Å²) in [5.74, 6) is 0.448. The van der Waals surface area contributed by atoms with E-state index in [1.165, 1.54) is 6.07 Å².